The molecule has 18 nitrogen and oxygen atoms in total. The average Bonchev–Trinajstić information content (AvgIpc) is 1.15. The zero-order valence-electron chi connectivity index (χ0n) is 65.4. The van der Waals surface area contributed by atoms with Crippen LogP contribution in [0.25, 0.3) is 0 Å². The second-order valence-electron chi connectivity index (χ2n) is 26.8. The van der Waals surface area contributed by atoms with Gasteiger partial charge in [-0.05, 0) is 170 Å². The molecular formula is C82H121FN16O2. The zero-order chi connectivity index (χ0) is 75.8. The van der Waals surface area contributed by atoms with Crippen LogP contribution in [0.5, 0.6) is 11.6 Å². The minimum absolute atomic E-state index is 0.168. The number of pyridine rings is 6. The summed E-state index contributed by atoms with van der Waals surface area (Å²) in [5.41, 5.74) is 8.84. The first-order chi connectivity index (χ1) is 47.9. The molecule has 1 N–H and O–H groups in total. The molecule has 11 aromatic rings. The molecular weight excluding hydrogens is 1260 g/mol. The smallest absolute Gasteiger partial charge is 0.212 e. The van der Waals surface area contributed by atoms with Crippen molar-refractivity contribution in [2.75, 3.05) is 7.11 Å². The van der Waals surface area contributed by atoms with Crippen LogP contribution >= 0.6 is 0 Å². The van der Waals surface area contributed by atoms with Gasteiger partial charge in [0.15, 0.2) is 0 Å². The van der Waals surface area contributed by atoms with E-state index in [-0.39, 0.29) is 17.5 Å². The first-order valence-corrected chi connectivity index (χ1v) is 35.1. The molecule has 11 aromatic heterocycles. The Hall–Kier alpha value is -9.65. The van der Waals surface area contributed by atoms with Crippen LogP contribution in [-0.4, -0.2) is 91.0 Å². The number of aromatic hydroxyl groups is 1. The van der Waals surface area contributed by atoms with Crippen LogP contribution in [0, 0.1) is 5.82 Å². The molecule has 19 heteroatoms. The van der Waals surface area contributed by atoms with E-state index in [1.54, 1.807) is 68.7 Å². The lowest BCUT2D eigenvalue weighted by Crippen LogP contribution is -1.99. The number of nitrogens with zero attached hydrogens (tertiary/aromatic N) is 16. The van der Waals surface area contributed by atoms with Crippen LogP contribution in [0.1, 0.15) is 269 Å². The predicted molar refractivity (Wildman–Crippen MR) is 414 cm³/mol. The van der Waals surface area contributed by atoms with Crippen LogP contribution in [0.2, 0.25) is 0 Å². The molecule has 0 amide bonds. The van der Waals surface area contributed by atoms with Crippen molar-refractivity contribution in [3.63, 3.8) is 0 Å². The van der Waals surface area contributed by atoms with Gasteiger partial charge in [0.1, 0.15) is 17.4 Å². The fourth-order valence-corrected chi connectivity index (χ4v) is 7.96. The van der Waals surface area contributed by atoms with Crippen molar-refractivity contribution in [3.05, 3.63) is 265 Å². The Balaban J connectivity index is 0.000000556. The molecule has 101 heavy (non-hydrogen) atoms. The molecule has 11 heterocycles. The van der Waals surface area contributed by atoms with E-state index in [2.05, 4.69) is 195 Å². The molecule has 0 spiro atoms. The van der Waals surface area contributed by atoms with Crippen LogP contribution in [0.15, 0.2) is 209 Å². The quantitative estimate of drug-likeness (QED) is 0.121. The van der Waals surface area contributed by atoms with Crippen LogP contribution in [0.4, 0.5) is 4.39 Å². The van der Waals surface area contributed by atoms with Gasteiger partial charge in [0, 0.05) is 143 Å². The van der Waals surface area contributed by atoms with Gasteiger partial charge in [-0.25, -0.2) is 24.3 Å². The fraction of sp³-hybridized carbons (Fsp3) is 0.439. The maximum Gasteiger partial charge on any atom is 0.212 e. The lowest BCUT2D eigenvalue weighted by atomic mass is 10.1. The standard InChI is InChI=1S/C9H13NO.C8H10FN.C8H11NO.3C8H11N.2C7H12N2.C7H10N2.2C6H10N2/c1-7(2)8-4-5-9(11-3)10-6-8;1-6(2)8-7(9)4-3-5-10-8;1-6(2)8-7(10)4-3-5-9-8;1-7(2)8-3-5-9-6-4-8;1-7(2)8-4-3-5-9-6-8;1-7(2)8-5-3-4-6-9-8;1-6(2)7-4-8-9(3)5-7;1-6(2)7-4-5-9(3)8-7;1-6(2)7-8-4-3-5-9-7;1-6(2)8-4-3-7-5-8;1-6(2)8-5-3-4-7-8/h4-7H,1-3H3;3-6H,1-2H3;3-6,10H,1-2H3;3*3-7H,1-2H3;2*4-6H,1-3H3;3-6H,1-2H3;2*3-6H,1-2H3. The van der Waals surface area contributed by atoms with Crippen molar-refractivity contribution in [3.8, 4) is 11.6 Å². The van der Waals surface area contributed by atoms with Gasteiger partial charge < -0.3 is 14.4 Å². The zero-order valence-corrected chi connectivity index (χ0v) is 65.4. The predicted octanol–water partition coefficient (Wildman–Crippen LogP) is 20.7. The maximum atomic E-state index is 12.8. The number of aromatic nitrogens is 16. The van der Waals surface area contributed by atoms with E-state index in [0.29, 0.717) is 71.0 Å². The molecule has 0 saturated carbocycles. The summed E-state index contributed by atoms with van der Waals surface area (Å²) in [6.07, 6.45) is 33.1. The Morgan fingerprint density at radius 1 is 0.376 bits per heavy atom. The summed E-state index contributed by atoms with van der Waals surface area (Å²) in [6.45, 7) is 46.3. The highest BCUT2D eigenvalue weighted by atomic mass is 19.1. The third-order valence-corrected chi connectivity index (χ3v) is 14.3. The molecule has 0 aliphatic carbocycles. The van der Waals surface area contributed by atoms with E-state index in [1.807, 2.05) is 191 Å². The normalized spacial score (nSPS) is 10.3. The number of methoxy groups -OCH3 is 1. The largest absolute Gasteiger partial charge is 0.506 e. The topological polar surface area (TPSA) is 204 Å². The number of imidazole rings is 1. The summed E-state index contributed by atoms with van der Waals surface area (Å²) in [5.74, 6) is 6.01. The molecule has 0 aliphatic rings. The highest BCUT2D eigenvalue weighted by molar-refractivity contribution is 5.27. The Morgan fingerprint density at radius 2 is 0.950 bits per heavy atom. The lowest BCUT2D eigenvalue weighted by molar-refractivity contribution is 0.397. The van der Waals surface area contributed by atoms with Gasteiger partial charge in [0.25, 0.3) is 0 Å². The molecule has 0 bridgehead atoms. The van der Waals surface area contributed by atoms with Crippen molar-refractivity contribution >= 4 is 0 Å². The molecule has 0 aliphatic heterocycles. The number of rotatable bonds is 12. The lowest BCUT2D eigenvalue weighted by Gasteiger charge is -2.04. The summed E-state index contributed by atoms with van der Waals surface area (Å²) in [6, 6.07) is 31.3. The van der Waals surface area contributed by atoms with E-state index in [4.69, 9.17) is 4.74 Å². The highest BCUT2D eigenvalue weighted by Crippen LogP contribution is 2.22. The maximum absolute atomic E-state index is 12.8. The molecule has 0 fully saturated rings. The minimum Gasteiger partial charge on any atom is -0.506 e. The fourth-order valence-electron chi connectivity index (χ4n) is 7.96. The first-order valence-electron chi connectivity index (χ1n) is 35.1. The summed E-state index contributed by atoms with van der Waals surface area (Å²) in [7, 11) is 5.50. The monoisotopic (exact) mass is 1380 g/mol. The molecule has 548 valence electrons. The Bertz CT molecular complexity index is 3380. The van der Waals surface area contributed by atoms with E-state index in [9.17, 15) is 9.50 Å². The van der Waals surface area contributed by atoms with Gasteiger partial charge in [0.2, 0.25) is 5.88 Å². The van der Waals surface area contributed by atoms with E-state index < -0.39 is 0 Å². The molecule has 11 rings (SSSR count). The first kappa shape index (κ1) is 89.4. The second kappa shape index (κ2) is 51.5. The molecule has 0 atom stereocenters. The SMILES string of the molecule is CC(C)c1ccccn1.CC(C)c1cccnc1.CC(C)c1ccn(C)n1.CC(C)c1ccncc1.CC(C)c1cnn(C)c1.CC(C)c1ncccc1F.CC(C)c1ncccc1O.CC(C)c1ncccn1.CC(C)n1cccn1.CC(C)n1ccnc1.COc1ccc(C(C)C)cn1. The molecule has 0 saturated heterocycles. The van der Waals surface area contributed by atoms with Gasteiger partial charge in [-0.3, -0.25) is 39.0 Å². The third kappa shape index (κ3) is 40.3. The summed E-state index contributed by atoms with van der Waals surface area (Å²) in [4.78, 5) is 36.2. The Labute approximate surface area is 605 Å². The number of aryl methyl sites for hydroxylation is 2. The van der Waals surface area contributed by atoms with Crippen molar-refractivity contribution in [2.24, 2.45) is 14.1 Å². The number of ether oxygens (including phenoxy) is 1. The number of hydrogen-bond acceptors (Lipinski definition) is 14. The molecule has 0 radical (unpaired) electrons. The molecule has 0 unspecified atom stereocenters. The highest BCUT2D eigenvalue weighted by Gasteiger charge is 2.07. The summed E-state index contributed by atoms with van der Waals surface area (Å²) < 4.78 is 25.3. The van der Waals surface area contributed by atoms with Crippen molar-refractivity contribution in [2.45, 2.75) is 218 Å². The Kier molecular flexibility index (Phi) is 45.6. The van der Waals surface area contributed by atoms with Crippen LogP contribution in [0.3, 0.4) is 0 Å². The van der Waals surface area contributed by atoms with Gasteiger partial charge in [-0.15, -0.1) is 0 Å². The molecule has 0 aromatic carbocycles. The average molecular weight is 1380 g/mol. The van der Waals surface area contributed by atoms with Crippen molar-refractivity contribution < 1.29 is 14.2 Å². The van der Waals surface area contributed by atoms with Crippen LogP contribution < -0.4 is 4.74 Å². The summed E-state index contributed by atoms with van der Waals surface area (Å²) in [5, 5.41) is 21.5. The van der Waals surface area contributed by atoms with Crippen molar-refractivity contribution in [1.82, 2.24) is 78.8 Å². The van der Waals surface area contributed by atoms with Gasteiger partial charge in [0.05, 0.1) is 36.7 Å². The van der Waals surface area contributed by atoms with Crippen molar-refractivity contribution in [1.29, 1.82) is 0 Å². The second-order valence-corrected chi connectivity index (χ2v) is 26.8. The van der Waals surface area contributed by atoms with Gasteiger partial charge >= 0.3 is 0 Å². The third-order valence-electron chi connectivity index (χ3n) is 14.3. The Morgan fingerprint density at radius 3 is 1.26 bits per heavy atom. The van der Waals surface area contributed by atoms with E-state index in [0.717, 1.165) is 22.9 Å². The van der Waals surface area contributed by atoms with Crippen LogP contribution in [-0.2, 0) is 14.1 Å². The van der Waals surface area contributed by atoms with E-state index >= 15 is 0 Å². The van der Waals surface area contributed by atoms with Gasteiger partial charge in [-0.2, -0.15) is 15.3 Å². The minimum atomic E-state index is -0.211. The number of halogens is 1. The van der Waals surface area contributed by atoms with E-state index in [1.165, 1.54) is 28.3 Å². The number of hydrogen-bond donors (Lipinski definition) is 1. The van der Waals surface area contributed by atoms with Gasteiger partial charge in [-0.1, -0.05) is 143 Å². The summed E-state index contributed by atoms with van der Waals surface area (Å²) >= 11 is 0.